The van der Waals surface area contributed by atoms with Crippen molar-refractivity contribution in [3.8, 4) is 0 Å². The number of pyridine rings is 1. The zero-order chi connectivity index (χ0) is 26.6. The standard InChI is InChI=1S/C23H21F3N8O3/c1-14(2)34-8-6-19(31-34)21(35)28-17-9-15(23(24,25)26)10-18(11-17)29-22(36)30-20-13-33(32-37-20)12-16-5-3-4-7-27-16/h3-11,13-14H,12H2,1-2H3,(H2-,28,29,30,32,35,36). The van der Waals surface area contributed by atoms with Crippen LogP contribution < -0.4 is 15.3 Å². The van der Waals surface area contributed by atoms with E-state index in [0.717, 1.165) is 12.1 Å². The number of halogens is 3. The third-order valence-electron chi connectivity index (χ3n) is 4.90. The smallest absolute Gasteiger partial charge is 0.416 e. The van der Waals surface area contributed by atoms with E-state index in [9.17, 15) is 22.8 Å². The second-order valence-electron chi connectivity index (χ2n) is 8.13. The predicted molar refractivity (Wildman–Crippen MR) is 124 cm³/mol. The molecule has 0 fully saturated rings. The molecular weight excluding hydrogens is 493 g/mol. The zero-order valence-corrected chi connectivity index (χ0v) is 19.6. The molecule has 0 unspecified atom stereocenters. The number of urea groups is 1. The maximum atomic E-state index is 13.5. The van der Waals surface area contributed by atoms with Gasteiger partial charge >= 0.3 is 6.18 Å². The van der Waals surface area contributed by atoms with Crippen molar-refractivity contribution in [1.29, 1.82) is 0 Å². The van der Waals surface area contributed by atoms with Crippen molar-refractivity contribution in [3.63, 3.8) is 0 Å². The predicted octanol–water partition coefficient (Wildman–Crippen LogP) is 4.69. The molecule has 0 aliphatic heterocycles. The van der Waals surface area contributed by atoms with Gasteiger partial charge in [-0.3, -0.25) is 19.3 Å². The first-order valence-corrected chi connectivity index (χ1v) is 10.9. The lowest BCUT2D eigenvalue weighted by molar-refractivity contribution is -0.755. The number of amides is 3. The summed E-state index contributed by atoms with van der Waals surface area (Å²) in [7, 11) is 0. The van der Waals surface area contributed by atoms with Crippen LogP contribution in [0.3, 0.4) is 0 Å². The van der Waals surface area contributed by atoms with Gasteiger partial charge in [-0.15, -0.1) is 0 Å². The van der Waals surface area contributed by atoms with E-state index in [1.807, 2.05) is 13.8 Å². The molecule has 0 radical (unpaired) electrons. The van der Waals surface area contributed by atoms with E-state index < -0.39 is 23.7 Å². The monoisotopic (exact) mass is 514 g/mol. The minimum atomic E-state index is -4.74. The van der Waals surface area contributed by atoms with E-state index in [1.54, 1.807) is 30.6 Å². The van der Waals surface area contributed by atoms with Gasteiger partial charge in [0.1, 0.15) is 5.69 Å². The Labute approximate surface area is 208 Å². The Morgan fingerprint density at radius 1 is 1.14 bits per heavy atom. The summed E-state index contributed by atoms with van der Waals surface area (Å²) in [5.41, 5.74) is -0.807. The lowest BCUT2D eigenvalue weighted by Crippen LogP contribution is -2.35. The molecule has 3 heterocycles. The third-order valence-corrected chi connectivity index (χ3v) is 4.90. The number of nitrogens with zero attached hydrogens (tertiary/aromatic N) is 6. The van der Waals surface area contributed by atoms with Crippen molar-refractivity contribution in [3.05, 3.63) is 83.3 Å². The molecule has 4 rings (SSSR count). The third kappa shape index (κ3) is 6.68. The number of aromatic nitrogens is 5. The summed E-state index contributed by atoms with van der Waals surface area (Å²) in [6, 6.07) is 8.40. The van der Waals surface area contributed by atoms with Crippen molar-refractivity contribution >= 4 is 29.2 Å². The van der Waals surface area contributed by atoms with Gasteiger partial charge in [-0.2, -0.15) is 18.3 Å². The molecule has 1 aromatic carbocycles. The Hall–Kier alpha value is -4.75. The molecule has 0 atom stereocenters. The normalized spacial score (nSPS) is 11.4. The van der Waals surface area contributed by atoms with Gasteiger partial charge in [0.2, 0.25) is 18.6 Å². The fourth-order valence-corrected chi connectivity index (χ4v) is 3.18. The highest BCUT2D eigenvalue weighted by atomic mass is 19.4. The number of carbonyl (C=O) groups is 2. The second kappa shape index (κ2) is 10.5. The Bertz CT molecular complexity index is 1400. The average molecular weight is 514 g/mol. The molecule has 0 saturated carbocycles. The Kier molecular flexibility index (Phi) is 7.18. The summed E-state index contributed by atoms with van der Waals surface area (Å²) in [6.07, 6.45) is -0.206. The minimum Gasteiger partial charge on any atom is -0.424 e. The number of hydrogen-bond acceptors (Lipinski definition) is 6. The Morgan fingerprint density at radius 3 is 2.54 bits per heavy atom. The molecule has 0 aliphatic carbocycles. The number of alkyl halides is 3. The van der Waals surface area contributed by atoms with E-state index in [0.29, 0.717) is 5.69 Å². The summed E-state index contributed by atoms with van der Waals surface area (Å²) in [5, 5.41) is 16.1. The number of benzene rings is 1. The summed E-state index contributed by atoms with van der Waals surface area (Å²) in [4.78, 5) is 29.0. The molecule has 0 saturated heterocycles. The molecule has 3 aromatic heterocycles. The molecule has 14 heteroatoms. The molecular formula is C23H21F3N8O3. The van der Waals surface area contributed by atoms with Crippen LogP contribution in [0.2, 0.25) is 0 Å². The van der Waals surface area contributed by atoms with Gasteiger partial charge in [-0.25, -0.2) is 0 Å². The van der Waals surface area contributed by atoms with E-state index >= 15 is 0 Å². The quantitative estimate of drug-likeness (QED) is 0.344. The molecule has 3 amide bonds. The van der Waals surface area contributed by atoms with Gasteiger partial charge in [0.25, 0.3) is 5.91 Å². The van der Waals surface area contributed by atoms with Gasteiger partial charge in [0, 0.05) is 24.1 Å². The van der Waals surface area contributed by atoms with Crippen molar-refractivity contribution in [2.24, 2.45) is 0 Å². The maximum absolute atomic E-state index is 13.5. The summed E-state index contributed by atoms with van der Waals surface area (Å²) in [5.74, 6) is -0.880. The van der Waals surface area contributed by atoms with Crippen LogP contribution in [0.15, 0.2) is 65.6 Å². The van der Waals surface area contributed by atoms with Gasteiger partial charge in [-0.05, 0) is 60.6 Å². The first-order chi connectivity index (χ1) is 17.6. The van der Waals surface area contributed by atoms with Crippen molar-refractivity contribution in [2.75, 3.05) is 10.6 Å². The Morgan fingerprint density at radius 2 is 1.89 bits per heavy atom. The van der Waals surface area contributed by atoms with Crippen LogP contribution in [-0.2, 0) is 12.7 Å². The minimum absolute atomic E-state index is 0.00508. The highest BCUT2D eigenvalue weighted by Crippen LogP contribution is 2.34. The van der Waals surface area contributed by atoms with Crippen molar-refractivity contribution in [2.45, 2.75) is 32.6 Å². The van der Waals surface area contributed by atoms with Gasteiger partial charge < -0.3 is 20.5 Å². The number of nitrogens with one attached hydrogen (secondary N) is 2. The fourth-order valence-electron chi connectivity index (χ4n) is 3.18. The fraction of sp³-hybridized carbons (Fsp3) is 0.217. The summed E-state index contributed by atoms with van der Waals surface area (Å²) < 4.78 is 48.3. The molecule has 0 bridgehead atoms. The van der Waals surface area contributed by atoms with Gasteiger partial charge in [0.05, 0.1) is 5.56 Å². The highest BCUT2D eigenvalue weighted by molar-refractivity contribution is 6.05. The Balaban J connectivity index is 1.46. The van der Waals surface area contributed by atoms with Gasteiger partial charge in [0.15, 0.2) is 17.0 Å². The van der Waals surface area contributed by atoms with Crippen molar-refractivity contribution in [1.82, 2.24) is 20.0 Å². The number of rotatable bonds is 7. The topological polar surface area (TPSA) is 133 Å². The molecule has 0 aliphatic rings. The number of hydrogen-bond donors (Lipinski definition) is 2. The highest BCUT2D eigenvalue weighted by Gasteiger charge is 2.31. The molecule has 11 nitrogen and oxygen atoms in total. The van der Waals surface area contributed by atoms with E-state index in [4.69, 9.17) is 4.52 Å². The lowest BCUT2D eigenvalue weighted by Gasteiger charge is -2.17. The lowest BCUT2D eigenvalue weighted by atomic mass is 10.1. The van der Waals surface area contributed by atoms with Crippen LogP contribution in [0.1, 0.15) is 41.6 Å². The van der Waals surface area contributed by atoms with Crippen LogP contribution in [0.4, 0.5) is 35.2 Å². The molecule has 2 N–H and O–H groups in total. The molecule has 37 heavy (non-hydrogen) atoms. The van der Waals surface area contributed by atoms with E-state index in [2.05, 4.69) is 31.3 Å². The second-order valence-corrected chi connectivity index (χ2v) is 8.13. The first kappa shape index (κ1) is 25.3. The van der Waals surface area contributed by atoms with E-state index in [-0.39, 0.29) is 35.5 Å². The van der Waals surface area contributed by atoms with Crippen LogP contribution in [0.5, 0.6) is 0 Å². The van der Waals surface area contributed by atoms with Crippen LogP contribution in [0, 0.1) is 0 Å². The maximum Gasteiger partial charge on any atom is 0.416 e. The SMILES string of the molecule is CC(C)n1ccc(C(=O)Nc2cc(NC(=O)[N-]c3c[n+](Cc4ccccn4)no3)cc(C(F)(F)F)c2)n1. The molecule has 4 aromatic rings. The van der Waals surface area contributed by atoms with Crippen LogP contribution in [0.25, 0.3) is 5.32 Å². The largest absolute Gasteiger partial charge is 0.424 e. The van der Waals surface area contributed by atoms with E-state index in [1.165, 1.54) is 27.7 Å². The van der Waals surface area contributed by atoms with Crippen LogP contribution in [-0.4, -0.2) is 32.0 Å². The van der Waals surface area contributed by atoms with Crippen molar-refractivity contribution < 1.29 is 32.0 Å². The zero-order valence-electron chi connectivity index (χ0n) is 19.6. The molecule has 192 valence electrons. The first-order valence-electron chi connectivity index (χ1n) is 10.9. The average Bonchev–Trinajstić information content (AvgIpc) is 3.49. The van der Waals surface area contributed by atoms with Gasteiger partial charge in [-0.1, -0.05) is 6.07 Å². The number of anilines is 2. The van der Waals surface area contributed by atoms with Crippen LogP contribution >= 0.6 is 0 Å². The summed E-state index contributed by atoms with van der Waals surface area (Å²) >= 11 is 0. The number of carbonyl (C=O) groups excluding carboxylic acids is 2. The molecule has 0 spiro atoms. The summed E-state index contributed by atoms with van der Waals surface area (Å²) in [6.45, 7) is 3.98.